The van der Waals surface area contributed by atoms with Gasteiger partial charge in [0.2, 0.25) is 0 Å². The second-order valence-corrected chi connectivity index (χ2v) is 9.56. The molecule has 2 fully saturated rings. The van der Waals surface area contributed by atoms with E-state index in [1.54, 1.807) is 6.07 Å². The molecule has 0 N–H and O–H groups in total. The summed E-state index contributed by atoms with van der Waals surface area (Å²) in [6, 6.07) is 6.50. The van der Waals surface area contributed by atoms with Crippen molar-refractivity contribution in [1.29, 1.82) is 0 Å². The van der Waals surface area contributed by atoms with Crippen LogP contribution >= 0.6 is 0 Å². The van der Waals surface area contributed by atoms with Gasteiger partial charge < -0.3 is 0 Å². The Morgan fingerprint density at radius 2 is 1.31 bits per heavy atom. The molecule has 0 bridgehead atoms. The van der Waals surface area contributed by atoms with Gasteiger partial charge in [0, 0.05) is 5.39 Å². The molecule has 0 heterocycles. The summed E-state index contributed by atoms with van der Waals surface area (Å²) in [6.45, 7) is 2.32. The van der Waals surface area contributed by atoms with Crippen molar-refractivity contribution in [1.82, 2.24) is 0 Å². The molecule has 2 aromatic rings. The molecule has 2 saturated carbocycles. The van der Waals surface area contributed by atoms with Gasteiger partial charge in [-0.1, -0.05) is 70.1 Å². The Morgan fingerprint density at radius 1 is 0.724 bits per heavy atom. The molecule has 2 aromatic carbocycles. The summed E-state index contributed by atoms with van der Waals surface area (Å²) in [4.78, 5) is 0. The van der Waals surface area contributed by atoms with Crippen LogP contribution in [-0.2, 0) is 0 Å². The fraction of sp³-hybridized carbons (Fsp3) is 0.615. The van der Waals surface area contributed by atoms with E-state index in [-0.39, 0.29) is 5.39 Å². The van der Waals surface area contributed by atoms with Crippen molar-refractivity contribution in [3.05, 3.63) is 47.3 Å². The fourth-order valence-corrected chi connectivity index (χ4v) is 5.76. The maximum atomic E-state index is 13.9. The van der Waals surface area contributed by atoms with Crippen LogP contribution in [0.25, 0.3) is 10.8 Å². The van der Waals surface area contributed by atoms with E-state index in [1.807, 2.05) is 12.1 Å². The van der Waals surface area contributed by atoms with Gasteiger partial charge in [0.1, 0.15) is 0 Å². The first-order valence-corrected chi connectivity index (χ1v) is 11.6. The molecule has 0 radical (unpaired) electrons. The van der Waals surface area contributed by atoms with E-state index in [9.17, 15) is 13.2 Å². The first-order valence-electron chi connectivity index (χ1n) is 11.6. The Bertz CT molecular complexity index is 827. The summed E-state index contributed by atoms with van der Waals surface area (Å²) in [7, 11) is 0. The highest BCUT2D eigenvalue weighted by atomic mass is 19.2. The van der Waals surface area contributed by atoms with Crippen LogP contribution in [-0.4, -0.2) is 0 Å². The lowest BCUT2D eigenvalue weighted by Crippen LogP contribution is -2.17. The Kier molecular flexibility index (Phi) is 6.51. The van der Waals surface area contributed by atoms with Gasteiger partial charge >= 0.3 is 0 Å². The molecule has 0 nitrogen and oxygen atoms in total. The average molecular weight is 403 g/mol. The van der Waals surface area contributed by atoms with E-state index in [0.29, 0.717) is 11.3 Å². The third-order valence-electron chi connectivity index (χ3n) is 7.84. The molecule has 158 valence electrons. The molecule has 29 heavy (non-hydrogen) atoms. The van der Waals surface area contributed by atoms with E-state index in [4.69, 9.17) is 0 Å². The number of halogens is 3. The summed E-state index contributed by atoms with van der Waals surface area (Å²) in [6.07, 6.45) is 14.6. The van der Waals surface area contributed by atoms with Crippen LogP contribution in [0.2, 0.25) is 0 Å². The van der Waals surface area contributed by atoms with Crippen molar-refractivity contribution in [2.75, 3.05) is 0 Å². The number of fused-ring (bicyclic) bond motifs is 1. The molecular formula is C26H33F3. The zero-order valence-corrected chi connectivity index (χ0v) is 17.5. The topological polar surface area (TPSA) is 0 Å². The second-order valence-electron chi connectivity index (χ2n) is 9.56. The average Bonchev–Trinajstić information content (AvgIpc) is 2.76. The second kappa shape index (κ2) is 9.10. The van der Waals surface area contributed by atoms with Crippen molar-refractivity contribution in [3.8, 4) is 0 Å². The van der Waals surface area contributed by atoms with Gasteiger partial charge in [-0.3, -0.25) is 0 Å². The quantitative estimate of drug-likeness (QED) is 0.440. The number of benzene rings is 2. The molecule has 0 aromatic heterocycles. The highest BCUT2D eigenvalue weighted by Crippen LogP contribution is 2.40. The highest BCUT2D eigenvalue weighted by Gasteiger charge is 2.25. The van der Waals surface area contributed by atoms with Crippen LogP contribution in [0, 0.1) is 35.2 Å². The van der Waals surface area contributed by atoms with Gasteiger partial charge in [-0.15, -0.1) is 0 Å². The first kappa shape index (κ1) is 20.8. The highest BCUT2D eigenvalue weighted by molar-refractivity contribution is 5.84. The fourth-order valence-electron chi connectivity index (χ4n) is 5.76. The monoisotopic (exact) mass is 402 g/mol. The minimum Gasteiger partial charge on any atom is -0.204 e. The van der Waals surface area contributed by atoms with E-state index in [0.717, 1.165) is 42.2 Å². The van der Waals surface area contributed by atoms with Crippen LogP contribution in [0.15, 0.2) is 24.3 Å². The normalized spacial score (nSPS) is 28.0. The molecule has 0 amide bonds. The summed E-state index contributed by atoms with van der Waals surface area (Å²) < 4.78 is 41.0. The molecule has 0 atom stereocenters. The lowest BCUT2D eigenvalue weighted by Gasteiger charge is -2.32. The maximum absolute atomic E-state index is 13.9. The van der Waals surface area contributed by atoms with Crippen LogP contribution in [0.3, 0.4) is 0 Å². The van der Waals surface area contributed by atoms with Crippen molar-refractivity contribution in [2.24, 2.45) is 17.8 Å². The molecule has 0 aliphatic heterocycles. The zero-order chi connectivity index (χ0) is 20.4. The third-order valence-corrected chi connectivity index (χ3v) is 7.84. The Labute approximate surface area is 172 Å². The number of hydrogen-bond donors (Lipinski definition) is 0. The predicted octanol–water partition coefficient (Wildman–Crippen LogP) is 8.53. The SMILES string of the molecule is CC[C@H]1CC[C@H](CCC2CCC(c3ccc4c(F)c(F)c(F)cc4c3)CC2)CC1. The van der Waals surface area contributed by atoms with Crippen LogP contribution in [0.1, 0.15) is 89.0 Å². The zero-order valence-electron chi connectivity index (χ0n) is 17.5. The van der Waals surface area contributed by atoms with Crippen LogP contribution in [0.4, 0.5) is 13.2 Å². The minimum absolute atomic E-state index is 0.166. The molecule has 2 aliphatic carbocycles. The lowest BCUT2D eigenvalue weighted by molar-refractivity contribution is 0.227. The van der Waals surface area contributed by atoms with E-state index in [2.05, 4.69) is 6.92 Å². The standard InChI is InChI=1S/C26H33F3/c1-2-17-3-5-18(6-4-17)7-8-19-9-11-20(12-10-19)21-13-14-23-22(15-21)16-24(27)26(29)25(23)28/h13-20H,2-12H2,1H3/t17-,18-,19?,20?. The molecule has 0 saturated heterocycles. The van der Waals surface area contributed by atoms with Crippen LogP contribution in [0.5, 0.6) is 0 Å². The molecule has 0 unspecified atom stereocenters. The Balaban J connectivity index is 1.31. The summed E-state index contributed by atoms with van der Waals surface area (Å²) in [5.41, 5.74) is 1.14. The molecule has 0 spiro atoms. The summed E-state index contributed by atoms with van der Waals surface area (Å²) >= 11 is 0. The molecule has 2 aliphatic rings. The number of rotatable bonds is 5. The predicted molar refractivity (Wildman–Crippen MR) is 113 cm³/mol. The number of hydrogen-bond acceptors (Lipinski definition) is 0. The largest absolute Gasteiger partial charge is 0.204 e. The van der Waals surface area contributed by atoms with Crippen molar-refractivity contribution < 1.29 is 13.2 Å². The van der Waals surface area contributed by atoms with Gasteiger partial charge in [-0.05, 0) is 66.4 Å². The van der Waals surface area contributed by atoms with Crippen molar-refractivity contribution in [3.63, 3.8) is 0 Å². The molecular weight excluding hydrogens is 369 g/mol. The summed E-state index contributed by atoms with van der Waals surface area (Å²) in [5, 5.41) is 0.628. The first-order chi connectivity index (χ1) is 14.0. The van der Waals surface area contributed by atoms with Gasteiger partial charge in [0.15, 0.2) is 17.5 Å². The van der Waals surface area contributed by atoms with E-state index in [1.165, 1.54) is 57.8 Å². The lowest BCUT2D eigenvalue weighted by atomic mass is 9.74. The van der Waals surface area contributed by atoms with Gasteiger partial charge in [-0.2, -0.15) is 0 Å². The van der Waals surface area contributed by atoms with Crippen molar-refractivity contribution >= 4 is 10.8 Å². The van der Waals surface area contributed by atoms with Crippen molar-refractivity contribution in [2.45, 2.75) is 83.5 Å². The Hall–Kier alpha value is -1.51. The molecule has 3 heteroatoms. The van der Waals surface area contributed by atoms with Gasteiger partial charge in [0.05, 0.1) is 0 Å². The molecule has 4 rings (SSSR count). The summed E-state index contributed by atoms with van der Waals surface area (Å²) in [5.74, 6) is -0.365. The van der Waals surface area contributed by atoms with E-state index >= 15 is 0 Å². The minimum atomic E-state index is -1.38. The van der Waals surface area contributed by atoms with Gasteiger partial charge in [0.25, 0.3) is 0 Å². The maximum Gasteiger partial charge on any atom is 0.195 e. The van der Waals surface area contributed by atoms with Gasteiger partial charge in [-0.25, -0.2) is 13.2 Å². The third kappa shape index (κ3) is 4.64. The Morgan fingerprint density at radius 3 is 1.93 bits per heavy atom. The van der Waals surface area contributed by atoms with E-state index < -0.39 is 17.5 Å². The van der Waals surface area contributed by atoms with Crippen LogP contribution < -0.4 is 0 Å². The smallest absolute Gasteiger partial charge is 0.195 e.